The molecule has 0 spiro atoms. The Morgan fingerprint density at radius 2 is 1.80 bits per heavy atom. The average molecular weight is 306 g/mol. The molecule has 0 unspecified atom stereocenters. The van der Waals surface area contributed by atoms with E-state index in [0.717, 1.165) is 11.1 Å². The van der Waals surface area contributed by atoms with Crippen LogP contribution >= 0.6 is 23.2 Å². The van der Waals surface area contributed by atoms with Crippen molar-refractivity contribution in [3.05, 3.63) is 69.7 Å². The van der Waals surface area contributed by atoms with Crippen molar-refractivity contribution in [3.8, 4) is 0 Å². The number of hydrogen-bond donors (Lipinski definition) is 1. The molecule has 0 aliphatic rings. The molecule has 102 valence electrons. The maximum atomic E-state index is 12.0. The van der Waals surface area contributed by atoms with E-state index in [0.29, 0.717) is 10.7 Å². The summed E-state index contributed by atoms with van der Waals surface area (Å²) in [7, 11) is 0. The summed E-state index contributed by atoms with van der Waals surface area (Å²) >= 11 is 12.0. The molecule has 1 N–H and O–H groups in total. The number of carbonyl (C=O) groups excluding carboxylic acids is 1. The number of halogens is 2. The van der Waals surface area contributed by atoms with Gasteiger partial charge in [-0.15, -0.1) is 0 Å². The van der Waals surface area contributed by atoms with Crippen LogP contribution in [-0.2, 0) is 4.79 Å². The van der Waals surface area contributed by atoms with Gasteiger partial charge < -0.3 is 5.32 Å². The smallest absolute Gasteiger partial charge is 0.267 e. The van der Waals surface area contributed by atoms with Crippen molar-refractivity contribution < 1.29 is 4.79 Å². The standard InChI is InChI=1S/C16H13Cl2NO/c1-11-13(17)8-5-9-15(11)19-16(20)14(18)10-12-6-3-2-4-7-12/h2-10H,1H3,(H,19,20)/b14-10-. The Hall–Kier alpha value is -1.77. The molecule has 1 amide bonds. The molecule has 0 aliphatic heterocycles. The Balaban J connectivity index is 2.16. The van der Waals surface area contributed by atoms with Crippen molar-refractivity contribution in [2.24, 2.45) is 0 Å². The second-order valence-corrected chi connectivity index (χ2v) is 5.08. The molecule has 0 heterocycles. The number of hydrogen-bond acceptors (Lipinski definition) is 1. The third-order valence-electron chi connectivity index (χ3n) is 2.83. The Kier molecular flexibility index (Phi) is 4.83. The molecule has 2 rings (SSSR count). The highest BCUT2D eigenvalue weighted by Crippen LogP contribution is 2.24. The van der Waals surface area contributed by atoms with Crippen LogP contribution in [0.25, 0.3) is 6.08 Å². The van der Waals surface area contributed by atoms with E-state index >= 15 is 0 Å². The quantitative estimate of drug-likeness (QED) is 0.806. The van der Waals surface area contributed by atoms with Crippen molar-refractivity contribution in [3.63, 3.8) is 0 Å². The average Bonchev–Trinajstić information content (AvgIpc) is 2.45. The van der Waals surface area contributed by atoms with E-state index in [1.807, 2.05) is 37.3 Å². The minimum atomic E-state index is -0.360. The summed E-state index contributed by atoms with van der Waals surface area (Å²) < 4.78 is 0. The number of rotatable bonds is 3. The highest BCUT2D eigenvalue weighted by molar-refractivity contribution is 6.45. The first kappa shape index (κ1) is 14.6. The van der Waals surface area contributed by atoms with Gasteiger partial charge in [0, 0.05) is 10.7 Å². The zero-order valence-electron chi connectivity index (χ0n) is 10.9. The van der Waals surface area contributed by atoms with E-state index < -0.39 is 0 Å². The summed E-state index contributed by atoms with van der Waals surface area (Å²) in [6.07, 6.45) is 1.62. The molecule has 4 heteroatoms. The van der Waals surface area contributed by atoms with E-state index in [4.69, 9.17) is 23.2 Å². The zero-order chi connectivity index (χ0) is 14.5. The van der Waals surface area contributed by atoms with Crippen LogP contribution in [0.3, 0.4) is 0 Å². The van der Waals surface area contributed by atoms with Crippen molar-refractivity contribution in [2.45, 2.75) is 6.92 Å². The Morgan fingerprint density at radius 1 is 1.10 bits per heavy atom. The van der Waals surface area contributed by atoms with Gasteiger partial charge in [0.2, 0.25) is 0 Å². The number of benzene rings is 2. The second kappa shape index (κ2) is 6.60. The van der Waals surface area contributed by atoms with E-state index in [2.05, 4.69) is 5.32 Å². The van der Waals surface area contributed by atoms with E-state index in [-0.39, 0.29) is 10.9 Å². The third-order valence-corrected chi connectivity index (χ3v) is 3.52. The molecule has 0 aliphatic carbocycles. The van der Waals surface area contributed by atoms with Gasteiger partial charge in [0.1, 0.15) is 5.03 Å². The number of nitrogens with one attached hydrogen (secondary N) is 1. The van der Waals surface area contributed by atoms with Crippen molar-refractivity contribution in [1.82, 2.24) is 0 Å². The molecule has 20 heavy (non-hydrogen) atoms. The van der Waals surface area contributed by atoms with Gasteiger partial charge in [-0.3, -0.25) is 4.79 Å². The first-order valence-corrected chi connectivity index (χ1v) is 6.82. The van der Waals surface area contributed by atoms with E-state index in [9.17, 15) is 4.79 Å². The molecule has 0 atom stereocenters. The first-order valence-electron chi connectivity index (χ1n) is 6.06. The predicted octanol–water partition coefficient (Wildman–Crippen LogP) is 4.87. The molecule has 0 radical (unpaired) electrons. The lowest BCUT2D eigenvalue weighted by Gasteiger charge is -2.08. The Labute approximate surface area is 128 Å². The fourth-order valence-corrected chi connectivity index (χ4v) is 2.03. The minimum absolute atomic E-state index is 0.121. The molecule has 2 aromatic carbocycles. The molecule has 0 fully saturated rings. The SMILES string of the molecule is Cc1c(Cl)cccc1NC(=O)/C(Cl)=C/c1ccccc1. The summed E-state index contributed by atoms with van der Waals surface area (Å²) in [6, 6.07) is 14.8. The van der Waals surface area contributed by atoms with Gasteiger partial charge in [0.15, 0.2) is 0 Å². The van der Waals surface area contributed by atoms with Crippen molar-refractivity contribution in [2.75, 3.05) is 5.32 Å². The summed E-state index contributed by atoms with van der Waals surface area (Å²) in [6.45, 7) is 1.84. The normalized spacial score (nSPS) is 11.2. The molecular formula is C16H13Cl2NO. The van der Waals surface area contributed by atoms with Crippen molar-refractivity contribution in [1.29, 1.82) is 0 Å². The maximum Gasteiger partial charge on any atom is 0.267 e. The summed E-state index contributed by atoms with van der Waals surface area (Å²) in [4.78, 5) is 12.0. The lowest BCUT2D eigenvalue weighted by Crippen LogP contribution is -2.12. The number of anilines is 1. The van der Waals surface area contributed by atoms with Crippen LogP contribution in [0.1, 0.15) is 11.1 Å². The van der Waals surface area contributed by atoms with Crippen LogP contribution in [0.15, 0.2) is 53.6 Å². The number of amides is 1. The molecule has 2 aromatic rings. The highest BCUT2D eigenvalue weighted by Gasteiger charge is 2.09. The van der Waals surface area contributed by atoms with E-state index in [1.54, 1.807) is 24.3 Å². The topological polar surface area (TPSA) is 29.1 Å². The zero-order valence-corrected chi connectivity index (χ0v) is 12.4. The fraction of sp³-hybridized carbons (Fsp3) is 0.0625. The monoisotopic (exact) mass is 305 g/mol. The van der Waals surface area contributed by atoms with Gasteiger partial charge >= 0.3 is 0 Å². The molecule has 0 bridgehead atoms. The van der Waals surface area contributed by atoms with Gasteiger partial charge in [0.05, 0.1) is 0 Å². The molecular weight excluding hydrogens is 293 g/mol. The van der Waals surface area contributed by atoms with Crippen LogP contribution in [0.4, 0.5) is 5.69 Å². The van der Waals surface area contributed by atoms with Crippen molar-refractivity contribution >= 4 is 40.9 Å². The van der Waals surface area contributed by atoms with Crippen LogP contribution in [0.5, 0.6) is 0 Å². The summed E-state index contributed by atoms with van der Waals surface area (Å²) in [5.41, 5.74) is 2.34. The van der Waals surface area contributed by atoms with Crippen LogP contribution < -0.4 is 5.32 Å². The largest absolute Gasteiger partial charge is 0.321 e. The second-order valence-electron chi connectivity index (χ2n) is 4.27. The predicted molar refractivity (Wildman–Crippen MR) is 85.1 cm³/mol. The molecule has 0 saturated heterocycles. The molecule has 0 saturated carbocycles. The Morgan fingerprint density at radius 3 is 2.50 bits per heavy atom. The van der Waals surface area contributed by atoms with Gasteiger partial charge in [-0.1, -0.05) is 59.6 Å². The minimum Gasteiger partial charge on any atom is -0.321 e. The lowest BCUT2D eigenvalue weighted by molar-refractivity contribution is -0.112. The van der Waals surface area contributed by atoms with E-state index in [1.165, 1.54) is 0 Å². The number of carbonyl (C=O) groups is 1. The van der Waals surface area contributed by atoms with Crippen LogP contribution in [-0.4, -0.2) is 5.91 Å². The Bertz CT molecular complexity index is 651. The lowest BCUT2D eigenvalue weighted by atomic mass is 10.2. The highest BCUT2D eigenvalue weighted by atomic mass is 35.5. The summed E-state index contributed by atoms with van der Waals surface area (Å²) in [5.74, 6) is -0.360. The molecule has 0 aromatic heterocycles. The molecule has 2 nitrogen and oxygen atoms in total. The van der Waals surface area contributed by atoms with Gasteiger partial charge in [0.25, 0.3) is 5.91 Å². The van der Waals surface area contributed by atoms with Gasteiger partial charge in [-0.25, -0.2) is 0 Å². The third kappa shape index (κ3) is 3.62. The van der Waals surface area contributed by atoms with Crippen LogP contribution in [0.2, 0.25) is 5.02 Å². The van der Waals surface area contributed by atoms with Gasteiger partial charge in [-0.2, -0.15) is 0 Å². The summed E-state index contributed by atoms with van der Waals surface area (Å²) in [5, 5.41) is 3.47. The van der Waals surface area contributed by atoms with Gasteiger partial charge in [-0.05, 0) is 36.3 Å². The first-order chi connectivity index (χ1) is 9.58. The maximum absolute atomic E-state index is 12.0. The fourth-order valence-electron chi connectivity index (χ4n) is 1.69. The van der Waals surface area contributed by atoms with Crippen LogP contribution in [0, 0.1) is 6.92 Å².